The first-order valence-electron chi connectivity index (χ1n) is 12.4. The Kier molecular flexibility index (Phi) is 5.41. The molecular formula is C26H44O2. The standard InChI is InChI=1S/C26H44O2/c1-6-9-18(2)20-10-11-21-19-12-17-26(23(27)28-5)15-8-7-14-25(26,4)22(19)13-16-24(20,21)3/h18-22H,6-17H2,1-5H3/t18-,19+,20-,21+,22+,24-,25-,26?/m1/s1. The monoisotopic (exact) mass is 388 g/mol. The lowest BCUT2D eigenvalue weighted by molar-refractivity contribution is -0.195. The van der Waals surface area contributed by atoms with Crippen LogP contribution < -0.4 is 0 Å². The van der Waals surface area contributed by atoms with Crippen molar-refractivity contribution in [2.45, 2.75) is 105 Å². The fraction of sp³-hybridized carbons (Fsp3) is 0.962. The van der Waals surface area contributed by atoms with Gasteiger partial charge in [-0.2, -0.15) is 0 Å². The lowest BCUT2D eigenvalue weighted by Gasteiger charge is -2.64. The Hall–Kier alpha value is -0.530. The van der Waals surface area contributed by atoms with Crippen molar-refractivity contribution in [2.24, 2.45) is 45.8 Å². The summed E-state index contributed by atoms with van der Waals surface area (Å²) in [5.41, 5.74) is 0.518. The average molecular weight is 389 g/mol. The summed E-state index contributed by atoms with van der Waals surface area (Å²) >= 11 is 0. The Bertz CT molecular complexity index is 599. The molecule has 2 heteroatoms. The summed E-state index contributed by atoms with van der Waals surface area (Å²) < 4.78 is 5.44. The SMILES string of the molecule is CCC[C@@H](C)[C@H]1CC[C@H]2[C@@H]3CCC4(C(=O)OC)CCCC[C@]4(C)[C@H]3CC[C@]12C. The van der Waals surface area contributed by atoms with Crippen LogP contribution in [0.4, 0.5) is 0 Å². The quantitative estimate of drug-likeness (QED) is 0.484. The predicted octanol–water partition coefficient (Wildman–Crippen LogP) is 7.01. The summed E-state index contributed by atoms with van der Waals surface area (Å²) in [5, 5.41) is 0. The zero-order chi connectivity index (χ0) is 20.2. The van der Waals surface area contributed by atoms with E-state index in [1.165, 1.54) is 64.2 Å². The fourth-order valence-corrected chi connectivity index (χ4v) is 9.55. The van der Waals surface area contributed by atoms with E-state index in [2.05, 4.69) is 27.7 Å². The molecule has 4 aliphatic carbocycles. The second kappa shape index (κ2) is 7.31. The van der Waals surface area contributed by atoms with E-state index in [1.807, 2.05) is 0 Å². The van der Waals surface area contributed by atoms with Crippen molar-refractivity contribution in [1.29, 1.82) is 0 Å². The molecule has 0 spiro atoms. The Morgan fingerprint density at radius 2 is 1.75 bits per heavy atom. The molecule has 0 N–H and O–H groups in total. The van der Waals surface area contributed by atoms with Crippen LogP contribution in [0.25, 0.3) is 0 Å². The average Bonchev–Trinajstić information content (AvgIpc) is 3.04. The molecule has 0 aromatic carbocycles. The van der Waals surface area contributed by atoms with Crippen LogP contribution >= 0.6 is 0 Å². The molecule has 0 amide bonds. The third kappa shape index (κ3) is 2.68. The Labute approximate surface area is 173 Å². The van der Waals surface area contributed by atoms with Gasteiger partial charge >= 0.3 is 5.97 Å². The van der Waals surface area contributed by atoms with E-state index in [1.54, 1.807) is 7.11 Å². The molecule has 1 unspecified atom stereocenters. The summed E-state index contributed by atoms with van der Waals surface area (Å²) in [6.07, 6.45) is 15.5. The molecule has 0 saturated heterocycles. The van der Waals surface area contributed by atoms with E-state index in [0.717, 1.165) is 42.4 Å². The van der Waals surface area contributed by atoms with E-state index in [9.17, 15) is 4.79 Å². The van der Waals surface area contributed by atoms with Gasteiger partial charge in [0.25, 0.3) is 0 Å². The number of esters is 1. The molecule has 0 radical (unpaired) electrons. The minimum atomic E-state index is -0.192. The Morgan fingerprint density at radius 1 is 1.00 bits per heavy atom. The summed E-state index contributed by atoms with van der Waals surface area (Å²) in [6.45, 7) is 10.0. The van der Waals surface area contributed by atoms with Gasteiger partial charge in [-0.3, -0.25) is 4.79 Å². The van der Waals surface area contributed by atoms with Crippen molar-refractivity contribution < 1.29 is 9.53 Å². The second-order valence-electron chi connectivity index (χ2n) is 11.6. The minimum absolute atomic E-state index is 0.113. The van der Waals surface area contributed by atoms with Crippen molar-refractivity contribution in [3.8, 4) is 0 Å². The fourth-order valence-electron chi connectivity index (χ4n) is 9.55. The van der Waals surface area contributed by atoms with Gasteiger partial charge in [0.15, 0.2) is 0 Å². The van der Waals surface area contributed by atoms with Crippen LogP contribution in [-0.2, 0) is 9.53 Å². The first-order valence-corrected chi connectivity index (χ1v) is 12.4. The zero-order valence-electron chi connectivity index (χ0n) is 19.2. The van der Waals surface area contributed by atoms with Crippen LogP contribution in [0.15, 0.2) is 0 Å². The molecule has 160 valence electrons. The van der Waals surface area contributed by atoms with E-state index in [-0.39, 0.29) is 16.8 Å². The Balaban J connectivity index is 1.64. The minimum Gasteiger partial charge on any atom is -0.469 e. The molecule has 0 heterocycles. The zero-order valence-corrected chi connectivity index (χ0v) is 19.2. The van der Waals surface area contributed by atoms with E-state index >= 15 is 0 Å². The van der Waals surface area contributed by atoms with Crippen molar-refractivity contribution in [3.05, 3.63) is 0 Å². The number of rotatable bonds is 4. The number of fused-ring (bicyclic) bond motifs is 5. The number of methoxy groups -OCH3 is 1. The van der Waals surface area contributed by atoms with Gasteiger partial charge in [0.1, 0.15) is 0 Å². The van der Waals surface area contributed by atoms with Gasteiger partial charge in [-0.1, -0.05) is 53.4 Å². The van der Waals surface area contributed by atoms with Gasteiger partial charge in [-0.25, -0.2) is 0 Å². The van der Waals surface area contributed by atoms with Gasteiger partial charge in [0.2, 0.25) is 0 Å². The first-order chi connectivity index (χ1) is 13.3. The lowest BCUT2D eigenvalue weighted by Crippen LogP contribution is -2.60. The van der Waals surface area contributed by atoms with Gasteiger partial charge < -0.3 is 4.74 Å². The summed E-state index contributed by atoms with van der Waals surface area (Å²) in [7, 11) is 1.62. The smallest absolute Gasteiger partial charge is 0.312 e. The molecule has 0 aromatic rings. The summed E-state index contributed by atoms with van der Waals surface area (Å²) in [5.74, 6) is 4.38. The van der Waals surface area contributed by atoms with Crippen molar-refractivity contribution >= 4 is 5.97 Å². The molecule has 0 aliphatic heterocycles. The molecule has 2 nitrogen and oxygen atoms in total. The van der Waals surface area contributed by atoms with Crippen molar-refractivity contribution in [3.63, 3.8) is 0 Å². The highest BCUT2D eigenvalue weighted by molar-refractivity contribution is 5.78. The first kappa shape index (κ1) is 20.7. The highest BCUT2D eigenvalue weighted by atomic mass is 16.5. The normalized spacial score (nSPS) is 48.9. The molecule has 0 aromatic heterocycles. The van der Waals surface area contributed by atoms with Crippen LogP contribution in [-0.4, -0.2) is 13.1 Å². The molecule has 28 heavy (non-hydrogen) atoms. The molecule has 8 atom stereocenters. The number of carbonyl (C=O) groups excluding carboxylic acids is 1. The largest absolute Gasteiger partial charge is 0.469 e. The third-order valence-corrected chi connectivity index (χ3v) is 10.9. The van der Waals surface area contributed by atoms with Crippen LogP contribution in [0.1, 0.15) is 105 Å². The molecule has 0 bridgehead atoms. The van der Waals surface area contributed by atoms with Crippen LogP contribution in [0.3, 0.4) is 0 Å². The third-order valence-electron chi connectivity index (χ3n) is 10.9. The molecule has 4 fully saturated rings. The molecule has 4 aliphatic rings. The topological polar surface area (TPSA) is 26.3 Å². The number of hydrogen-bond acceptors (Lipinski definition) is 2. The van der Waals surface area contributed by atoms with Gasteiger partial charge in [0, 0.05) is 0 Å². The second-order valence-corrected chi connectivity index (χ2v) is 11.6. The highest BCUT2D eigenvalue weighted by Gasteiger charge is 2.66. The van der Waals surface area contributed by atoms with Crippen LogP contribution in [0.5, 0.6) is 0 Å². The van der Waals surface area contributed by atoms with Crippen LogP contribution in [0.2, 0.25) is 0 Å². The number of ether oxygens (including phenoxy) is 1. The van der Waals surface area contributed by atoms with Gasteiger partial charge in [-0.05, 0) is 91.8 Å². The maximum atomic E-state index is 13.1. The summed E-state index contributed by atoms with van der Waals surface area (Å²) in [4.78, 5) is 13.1. The lowest BCUT2D eigenvalue weighted by atomic mass is 9.40. The number of carbonyl (C=O) groups is 1. The molecule has 4 saturated carbocycles. The van der Waals surface area contributed by atoms with Gasteiger partial charge in [-0.15, -0.1) is 0 Å². The highest BCUT2D eigenvalue weighted by Crippen LogP contribution is 2.71. The van der Waals surface area contributed by atoms with Crippen molar-refractivity contribution in [1.82, 2.24) is 0 Å². The summed E-state index contributed by atoms with van der Waals surface area (Å²) in [6, 6.07) is 0. The molecule has 4 rings (SSSR count). The predicted molar refractivity (Wildman–Crippen MR) is 115 cm³/mol. The Morgan fingerprint density at radius 3 is 2.46 bits per heavy atom. The molecular weight excluding hydrogens is 344 g/mol. The maximum Gasteiger partial charge on any atom is 0.312 e. The van der Waals surface area contributed by atoms with E-state index in [0.29, 0.717) is 5.41 Å². The van der Waals surface area contributed by atoms with E-state index < -0.39 is 0 Å². The van der Waals surface area contributed by atoms with Crippen molar-refractivity contribution in [2.75, 3.05) is 7.11 Å². The van der Waals surface area contributed by atoms with E-state index in [4.69, 9.17) is 4.74 Å². The maximum absolute atomic E-state index is 13.1. The van der Waals surface area contributed by atoms with Gasteiger partial charge in [0.05, 0.1) is 12.5 Å². The van der Waals surface area contributed by atoms with Crippen LogP contribution in [0, 0.1) is 45.8 Å². The number of hydrogen-bond donors (Lipinski definition) is 0.